The van der Waals surface area contributed by atoms with Gasteiger partial charge in [0.15, 0.2) is 0 Å². The first-order chi connectivity index (χ1) is 9.02. The molecule has 3 heteroatoms. The highest BCUT2D eigenvalue weighted by molar-refractivity contribution is 5.69. The van der Waals surface area contributed by atoms with E-state index in [0.29, 0.717) is 11.1 Å². The van der Waals surface area contributed by atoms with Crippen LogP contribution in [-0.2, 0) is 6.54 Å². The largest absolute Gasteiger partial charge is 0.316 e. The third-order valence-electron chi connectivity index (χ3n) is 3.22. The molecule has 0 aliphatic carbocycles. The van der Waals surface area contributed by atoms with Crippen molar-refractivity contribution >= 4 is 0 Å². The maximum atomic E-state index is 14.0. The molecule has 2 aromatic rings. The number of halogens is 2. The summed E-state index contributed by atoms with van der Waals surface area (Å²) in [6.07, 6.45) is 0. The molecule has 100 valence electrons. The molecule has 0 aromatic heterocycles. The molecule has 19 heavy (non-hydrogen) atoms. The fourth-order valence-corrected chi connectivity index (χ4v) is 2.14. The van der Waals surface area contributed by atoms with Gasteiger partial charge in [-0.15, -0.1) is 0 Å². The second kappa shape index (κ2) is 5.49. The minimum absolute atomic E-state index is 0.453. The van der Waals surface area contributed by atoms with Crippen LogP contribution in [0.2, 0.25) is 0 Å². The van der Waals surface area contributed by atoms with E-state index in [1.165, 1.54) is 0 Å². The number of rotatable bonds is 3. The first kappa shape index (κ1) is 13.7. The lowest BCUT2D eigenvalue weighted by Gasteiger charge is -2.11. The van der Waals surface area contributed by atoms with Crippen LogP contribution in [0.25, 0.3) is 11.1 Å². The Labute approximate surface area is 112 Å². The van der Waals surface area contributed by atoms with Crippen molar-refractivity contribution in [1.82, 2.24) is 5.32 Å². The number of hydrogen-bond donors (Lipinski definition) is 1. The molecular weight excluding hydrogens is 244 g/mol. The van der Waals surface area contributed by atoms with Gasteiger partial charge in [0.1, 0.15) is 11.6 Å². The highest BCUT2D eigenvalue weighted by atomic mass is 19.1. The Bertz CT molecular complexity index is 606. The lowest BCUT2D eigenvalue weighted by Crippen LogP contribution is -2.05. The van der Waals surface area contributed by atoms with Gasteiger partial charge in [-0.1, -0.05) is 12.1 Å². The monoisotopic (exact) mass is 261 g/mol. The summed E-state index contributed by atoms with van der Waals surface area (Å²) in [6.45, 7) is 4.29. The molecule has 0 atom stereocenters. The summed E-state index contributed by atoms with van der Waals surface area (Å²) in [7, 11) is 1.86. The third kappa shape index (κ3) is 2.82. The summed E-state index contributed by atoms with van der Waals surface area (Å²) in [6, 6.07) is 8.43. The summed E-state index contributed by atoms with van der Waals surface area (Å²) in [5.74, 6) is -1.03. The zero-order valence-corrected chi connectivity index (χ0v) is 11.3. The van der Waals surface area contributed by atoms with Crippen molar-refractivity contribution < 1.29 is 8.78 Å². The summed E-state index contributed by atoms with van der Waals surface area (Å²) < 4.78 is 27.3. The second-order valence-electron chi connectivity index (χ2n) is 4.76. The predicted octanol–water partition coefficient (Wildman–Crippen LogP) is 3.97. The van der Waals surface area contributed by atoms with Crippen molar-refractivity contribution in [1.29, 1.82) is 0 Å². The molecule has 0 saturated carbocycles. The van der Waals surface area contributed by atoms with Gasteiger partial charge in [0, 0.05) is 18.2 Å². The van der Waals surface area contributed by atoms with E-state index in [-0.39, 0.29) is 0 Å². The van der Waals surface area contributed by atoms with Gasteiger partial charge in [-0.05, 0) is 55.3 Å². The number of nitrogens with one attached hydrogen (secondary N) is 1. The molecule has 0 amide bonds. The fraction of sp³-hybridized carbons (Fsp3) is 0.250. The minimum Gasteiger partial charge on any atom is -0.316 e. The molecule has 0 aliphatic heterocycles. The normalized spacial score (nSPS) is 10.8. The quantitative estimate of drug-likeness (QED) is 0.881. The van der Waals surface area contributed by atoms with Crippen LogP contribution in [0.3, 0.4) is 0 Å². The van der Waals surface area contributed by atoms with Crippen LogP contribution < -0.4 is 5.32 Å². The molecule has 0 spiro atoms. The fourth-order valence-electron chi connectivity index (χ4n) is 2.14. The SMILES string of the molecule is CNCc1ccc(C)c(-c2cc(C)c(F)cc2F)c1. The van der Waals surface area contributed by atoms with Crippen molar-refractivity contribution in [2.45, 2.75) is 20.4 Å². The smallest absolute Gasteiger partial charge is 0.133 e. The van der Waals surface area contributed by atoms with Gasteiger partial charge in [-0.25, -0.2) is 8.78 Å². The van der Waals surface area contributed by atoms with E-state index in [4.69, 9.17) is 0 Å². The number of hydrogen-bond acceptors (Lipinski definition) is 1. The zero-order valence-electron chi connectivity index (χ0n) is 11.3. The lowest BCUT2D eigenvalue weighted by molar-refractivity contribution is 0.579. The van der Waals surface area contributed by atoms with Gasteiger partial charge in [-0.3, -0.25) is 0 Å². The summed E-state index contributed by atoms with van der Waals surface area (Å²) in [4.78, 5) is 0. The van der Waals surface area contributed by atoms with E-state index in [2.05, 4.69) is 5.32 Å². The number of benzene rings is 2. The highest BCUT2D eigenvalue weighted by Crippen LogP contribution is 2.29. The molecule has 0 radical (unpaired) electrons. The Morgan fingerprint density at radius 2 is 1.63 bits per heavy atom. The van der Waals surface area contributed by atoms with Crippen molar-refractivity contribution in [2.24, 2.45) is 0 Å². The second-order valence-corrected chi connectivity index (χ2v) is 4.76. The van der Waals surface area contributed by atoms with Gasteiger partial charge in [0.25, 0.3) is 0 Å². The van der Waals surface area contributed by atoms with E-state index in [1.54, 1.807) is 13.0 Å². The van der Waals surface area contributed by atoms with Crippen LogP contribution in [0.5, 0.6) is 0 Å². The minimum atomic E-state index is -0.521. The molecule has 0 saturated heterocycles. The van der Waals surface area contributed by atoms with Crippen LogP contribution in [0.4, 0.5) is 8.78 Å². The average Bonchev–Trinajstić information content (AvgIpc) is 2.37. The molecule has 0 fully saturated rings. The zero-order chi connectivity index (χ0) is 14.0. The van der Waals surface area contributed by atoms with Gasteiger partial charge in [0.05, 0.1) is 0 Å². The van der Waals surface area contributed by atoms with Gasteiger partial charge in [-0.2, -0.15) is 0 Å². The Balaban J connectivity index is 2.57. The maximum Gasteiger partial charge on any atom is 0.133 e. The van der Waals surface area contributed by atoms with Crippen LogP contribution in [-0.4, -0.2) is 7.05 Å². The highest BCUT2D eigenvalue weighted by Gasteiger charge is 2.11. The molecule has 0 aliphatic rings. The lowest BCUT2D eigenvalue weighted by atomic mass is 9.96. The van der Waals surface area contributed by atoms with Gasteiger partial charge in [0.2, 0.25) is 0 Å². The Kier molecular flexibility index (Phi) is 3.96. The Hall–Kier alpha value is -1.74. The standard InChI is InChI=1S/C16H17F2N/c1-10-4-5-12(9-19-3)7-13(10)14-6-11(2)15(17)8-16(14)18/h4-8,19H,9H2,1-3H3. The van der Waals surface area contributed by atoms with Crippen molar-refractivity contribution in [3.63, 3.8) is 0 Å². The van der Waals surface area contributed by atoms with Crippen LogP contribution >= 0.6 is 0 Å². The summed E-state index contributed by atoms with van der Waals surface area (Å²) in [5.41, 5.74) is 3.77. The first-order valence-corrected chi connectivity index (χ1v) is 6.23. The van der Waals surface area contributed by atoms with Crippen LogP contribution in [0, 0.1) is 25.5 Å². The molecule has 2 aromatic carbocycles. The third-order valence-corrected chi connectivity index (χ3v) is 3.22. The Morgan fingerprint density at radius 1 is 0.895 bits per heavy atom. The van der Waals surface area contributed by atoms with Crippen molar-refractivity contribution in [3.8, 4) is 11.1 Å². The van der Waals surface area contributed by atoms with Crippen molar-refractivity contribution in [2.75, 3.05) is 7.05 Å². The van der Waals surface area contributed by atoms with Gasteiger partial charge < -0.3 is 5.32 Å². The van der Waals surface area contributed by atoms with Crippen molar-refractivity contribution in [3.05, 3.63) is 58.7 Å². The molecule has 0 bridgehead atoms. The first-order valence-electron chi connectivity index (χ1n) is 6.23. The van der Waals surface area contributed by atoms with E-state index in [1.807, 2.05) is 32.2 Å². The van der Waals surface area contributed by atoms with E-state index >= 15 is 0 Å². The summed E-state index contributed by atoms with van der Waals surface area (Å²) >= 11 is 0. The topological polar surface area (TPSA) is 12.0 Å². The molecule has 0 heterocycles. The van der Waals surface area contributed by atoms with E-state index in [9.17, 15) is 8.78 Å². The van der Waals surface area contributed by atoms with Gasteiger partial charge >= 0.3 is 0 Å². The molecular formula is C16H17F2N. The molecule has 0 unspecified atom stereocenters. The predicted molar refractivity (Wildman–Crippen MR) is 74.0 cm³/mol. The van der Waals surface area contributed by atoms with E-state index < -0.39 is 11.6 Å². The maximum absolute atomic E-state index is 14.0. The van der Waals surface area contributed by atoms with E-state index in [0.717, 1.165) is 29.3 Å². The molecule has 1 nitrogen and oxygen atoms in total. The average molecular weight is 261 g/mol. The Morgan fingerprint density at radius 3 is 2.32 bits per heavy atom. The summed E-state index contributed by atoms with van der Waals surface area (Å²) in [5, 5.41) is 3.06. The van der Waals surface area contributed by atoms with Crippen LogP contribution in [0.1, 0.15) is 16.7 Å². The molecule has 1 N–H and O–H groups in total. The number of aryl methyl sites for hydroxylation is 2. The molecule has 2 rings (SSSR count). The van der Waals surface area contributed by atoms with Crippen LogP contribution in [0.15, 0.2) is 30.3 Å².